The van der Waals surface area contributed by atoms with E-state index in [1.54, 1.807) is 6.20 Å². The van der Waals surface area contributed by atoms with Crippen LogP contribution in [0.25, 0.3) is 33.9 Å². The summed E-state index contributed by atoms with van der Waals surface area (Å²) in [7, 11) is 0. The van der Waals surface area contributed by atoms with Gasteiger partial charge < -0.3 is 11.5 Å². The van der Waals surface area contributed by atoms with Crippen molar-refractivity contribution in [1.29, 1.82) is 0 Å². The second-order valence-electron chi connectivity index (χ2n) is 13.6. The van der Waals surface area contributed by atoms with Crippen LogP contribution in [0.2, 0.25) is 0 Å². The second kappa shape index (κ2) is 16.9. The van der Waals surface area contributed by atoms with Gasteiger partial charge in [0.1, 0.15) is 0 Å². The number of hydrogen-bond donors (Lipinski definition) is 2. The zero-order valence-corrected chi connectivity index (χ0v) is 30.6. The fourth-order valence-electron chi connectivity index (χ4n) is 7.58. The van der Waals surface area contributed by atoms with Gasteiger partial charge >= 0.3 is 0 Å². The van der Waals surface area contributed by atoms with E-state index in [9.17, 15) is 0 Å². The molecule has 54 heavy (non-hydrogen) atoms. The summed E-state index contributed by atoms with van der Waals surface area (Å²) in [5.74, 6) is 0. The van der Waals surface area contributed by atoms with Crippen LogP contribution in [-0.4, -0.2) is 6.54 Å². The molecule has 2 heteroatoms. The summed E-state index contributed by atoms with van der Waals surface area (Å²) in [5.41, 5.74) is 26.6. The average molecular weight is 699 g/mol. The zero-order chi connectivity index (χ0) is 37.2. The lowest BCUT2D eigenvalue weighted by Crippen LogP contribution is -2.31. The number of benzene rings is 5. The first-order valence-corrected chi connectivity index (χ1v) is 18.6. The lowest BCUT2D eigenvalue weighted by molar-refractivity contribution is 0.628. The van der Waals surface area contributed by atoms with Crippen molar-refractivity contribution in [3.63, 3.8) is 0 Å². The quantitative estimate of drug-likeness (QED) is 0.151. The summed E-state index contributed by atoms with van der Waals surface area (Å²) in [6, 6.07) is 45.5. The predicted molar refractivity (Wildman–Crippen MR) is 232 cm³/mol. The number of hydrogen-bond acceptors (Lipinski definition) is 2. The Morgan fingerprint density at radius 2 is 1.41 bits per heavy atom. The molecule has 1 unspecified atom stereocenters. The summed E-state index contributed by atoms with van der Waals surface area (Å²) in [6.45, 7) is 5.18. The summed E-state index contributed by atoms with van der Waals surface area (Å²) in [6.07, 6.45) is 29.2. The Morgan fingerprint density at radius 3 is 2.22 bits per heavy atom. The van der Waals surface area contributed by atoms with Crippen molar-refractivity contribution < 1.29 is 0 Å². The van der Waals surface area contributed by atoms with Gasteiger partial charge in [0.25, 0.3) is 0 Å². The van der Waals surface area contributed by atoms with Crippen LogP contribution < -0.4 is 11.5 Å². The van der Waals surface area contributed by atoms with Gasteiger partial charge in [-0.05, 0) is 97.3 Å². The third-order valence-electron chi connectivity index (χ3n) is 10.4. The Morgan fingerprint density at radius 1 is 0.685 bits per heavy atom. The van der Waals surface area contributed by atoms with Crippen LogP contribution in [0, 0.1) is 0 Å². The lowest BCUT2D eigenvalue weighted by atomic mass is 9.64. The van der Waals surface area contributed by atoms with Crippen LogP contribution in [0.5, 0.6) is 0 Å². The number of nitrogens with two attached hydrogens (primary N) is 2. The SMILES string of the molecule is C=C1/C=C\C=C/c2ccccc2C12CC=C/C(=C\N)c1ccc(-c3cccc(C(/C=C/C(=C\Cc4ccccc4)c4ccccc4)=C/C=C\CN)c3)cc12. The van der Waals surface area contributed by atoms with E-state index >= 15 is 0 Å². The maximum absolute atomic E-state index is 6.29. The van der Waals surface area contributed by atoms with Crippen molar-refractivity contribution in [2.75, 3.05) is 6.54 Å². The lowest BCUT2D eigenvalue weighted by Gasteiger charge is -2.38. The minimum absolute atomic E-state index is 0.476. The molecule has 0 aliphatic heterocycles. The van der Waals surface area contributed by atoms with Crippen LogP contribution in [-0.2, 0) is 11.8 Å². The van der Waals surface area contributed by atoms with Gasteiger partial charge in [0.15, 0.2) is 0 Å². The maximum Gasteiger partial charge on any atom is 0.0492 e. The smallest absolute Gasteiger partial charge is 0.0492 e. The molecule has 0 amide bonds. The van der Waals surface area contributed by atoms with Gasteiger partial charge in [0.2, 0.25) is 0 Å². The van der Waals surface area contributed by atoms with Crippen molar-refractivity contribution >= 4 is 22.8 Å². The highest BCUT2D eigenvalue weighted by molar-refractivity contribution is 5.86. The summed E-state index contributed by atoms with van der Waals surface area (Å²) in [4.78, 5) is 0. The van der Waals surface area contributed by atoms with Crippen LogP contribution in [0.15, 0.2) is 213 Å². The first kappa shape index (κ1) is 35.9. The molecular weight excluding hydrogens is 653 g/mol. The van der Waals surface area contributed by atoms with Gasteiger partial charge in [-0.1, -0.05) is 195 Å². The van der Waals surface area contributed by atoms with Crippen LogP contribution >= 0.6 is 0 Å². The van der Waals surface area contributed by atoms with E-state index in [0.717, 1.165) is 51.8 Å². The molecule has 4 N–H and O–H groups in total. The molecule has 0 aromatic heterocycles. The van der Waals surface area contributed by atoms with E-state index in [0.29, 0.717) is 6.54 Å². The molecule has 0 saturated heterocycles. The molecule has 5 aromatic carbocycles. The van der Waals surface area contributed by atoms with Crippen molar-refractivity contribution in [3.05, 3.63) is 252 Å². The standard InChI is InChI=1S/C52H46N2/c1-39-16-8-9-22-44-23-10-11-27-50(44)52(39)34-15-26-48(38-54)49-33-32-47(37-51(49)52)46-25-14-24-45(36-46)42(21-12-13-35-53)30-31-43(41-19-6-3-7-20-41)29-28-40-17-4-2-5-18-40/h2-27,29-33,36-38H,1,28,34-35,53-54H2/b13-12-,16-8-,22-9-,31-30+,42-21+,43-29+,48-38+. The third kappa shape index (κ3) is 7.66. The Hall–Kier alpha value is -6.48. The van der Waals surface area contributed by atoms with E-state index in [1.165, 1.54) is 33.4 Å². The zero-order valence-electron chi connectivity index (χ0n) is 30.6. The molecule has 2 nitrogen and oxygen atoms in total. The first-order chi connectivity index (χ1) is 26.6. The molecule has 0 fully saturated rings. The van der Waals surface area contributed by atoms with Crippen LogP contribution in [0.3, 0.4) is 0 Å². The molecule has 264 valence electrons. The van der Waals surface area contributed by atoms with Gasteiger partial charge in [-0.25, -0.2) is 0 Å². The molecule has 0 saturated carbocycles. The maximum atomic E-state index is 6.29. The molecule has 5 aromatic rings. The summed E-state index contributed by atoms with van der Waals surface area (Å²) >= 11 is 0. The van der Waals surface area contributed by atoms with Gasteiger partial charge in [0.05, 0.1) is 0 Å². The highest BCUT2D eigenvalue weighted by Crippen LogP contribution is 2.50. The number of allylic oxidation sites excluding steroid dienone is 14. The molecule has 0 radical (unpaired) electrons. The molecule has 1 atom stereocenters. The molecule has 0 bridgehead atoms. The molecule has 1 spiro atoms. The van der Waals surface area contributed by atoms with Crippen LogP contribution in [0.1, 0.15) is 45.4 Å². The Bertz CT molecular complexity index is 2380. The molecule has 2 aliphatic rings. The van der Waals surface area contributed by atoms with Crippen molar-refractivity contribution in [3.8, 4) is 11.1 Å². The third-order valence-corrected chi connectivity index (χ3v) is 10.4. The topological polar surface area (TPSA) is 52.0 Å². The summed E-state index contributed by atoms with van der Waals surface area (Å²) in [5, 5.41) is 0. The second-order valence-corrected chi connectivity index (χ2v) is 13.6. The predicted octanol–water partition coefficient (Wildman–Crippen LogP) is 11.8. The normalized spacial score (nSPS) is 19.1. The number of fused-ring (bicyclic) bond motifs is 4. The van der Waals surface area contributed by atoms with Crippen molar-refractivity contribution in [1.82, 2.24) is 0 Å². The summed E-state index contributed by atoms with van der Waals surface area (Å²) < 4.78 is 0. The highest BCUT2D eigenvalue weighted by Gasteiger charge is 2.40. The molecule has 2 aliphatic carbocycles. The van der Waals surface area contributed by atoms with Gasteiger partial charge in [-0.15, -0.1) is 0 Å². The highest BCUT2D eigenvalue weighted by atomic mass is 14.5. The Kier molecular flexibility index (Phi) is 11.2. The van der Waals surface area contributed by atoms with Gasteiger partial charge in [-0.2, -0.15) is 0 Å². The Labute approximate surface area is 320 Å². The largest absolute Gasteiger partial charge is 0.404 e. The monoisotopic (exact) mass is 698 g/mol. The van der Waals surface area contributed by atoms with E-state index in [1.807, 2.05) is 12.2 Å². The fourth-order valence-corrected chi connectivity index (χ4v) is 7.58. The van der Waals surface area contributed by atoms with E-state index in [-0.39, 0.29) is 0 Å². The molecule has 7 rings (SSSR count). The van der Waals surface area contributed by atoms with E-state index in [4.69, 9.17) is 18.0 Å². The van der Waals surface area contributed by atoms with E-state index in [2.05, 4.69) is 188 Å². The van der Waals surface area contributed by atoms with Gasteiger partial charge in [0, 0.05) is 18.2 Å². The van der Waals surface area contributed by atoms with Crippen molar-refractivity contribution in [2.24, 2.45) is 11.5 Å². The van der Waals surface area contributed by atoms with E-state index < -0.39 is 5.41 Å². The first-order valence-electron chi connectivity index (χ1n) is 18.6. The number of rotatable bonds is 9. The van der Waals surface area contributed by atoms with Crippen LogP contribution in [0.4, 0.5) is 0 Å². The average Bonchev–Trinajstić information content (AvgIpc) is 3.39. The molecule has 0 heterocycles. The molecular formula is C52H46N2. The minimum atomic E-state index is -0.483. The van der Waals surface area contributed by atoms with Gasteiger partial charge in [-0.3, -0.25) is 0 Å². The fraction of sp³-hybridized carbons (Fsp3) is 0.0769. The Balaban J connectivity index is 1.33. The van der Waals surface area contributed by atoms with Crippen molar-refractivity contribution in [2.45, 2.75) is 18.3 Å². The minimum Gasteiger partial charge on any atom is -0.404 e.